The number of sulfonamides is 1. The summed E-state index contributed by atoms with van der Waals surface area (Å²) in [5.74, 6) is -0.632. The number of piperidine rings is 1. The molecule has 0 aromatic heterocycles. The second kappa shape index (κ2) is 9.99. The van der Waals surface area contributed by atoms with Crippen LogP contribution in [0.2, 0.25) is 0 Å². The molecule has 2 aliphatic rings. The molecule has 9 heteroatoms. The van der Waals surface area contributed by atoms with Crippen LogP contribution in [0.3, 0.4) is 0 Å². The first kappa shape index (κ1) is 25.2. The summed E-state index contributed by atoms with van der Waals surface area (Å²) in [6.07, 6.45) is 2.80. The van der Waals surface area contributed by atoms with Crippen LogP contribution in [0.4, 0.5) is 17.1 Å². The van der Waals surface area contributed by atoms with E-state index in [-0.39, 0.29) is 23.3 Å². The van der Waals surface area contributed by atoms with Gasteiger partial charge in [-0.3, -0.25) is 9.59 Å². The maximum absolute atomic E-state index is 13.5. The summed E-state index contributed by atoms with van der Waals surface area (Å²) in [6, 6.07) is 10.8. The third-order valence-corrected chi connectivity index (χ3v) is 8.76. The van der Waals surface area contributed by atoms with Crippen LogP contribution >= 0.6 is 0 Å². The first-order valence-corrected chi connectivity index (χ1v) is 13.5. The van der Waals surface area contributed by atoms with Gasteiger partial charge in [0.1, 0.15) is 0 Å². The van der Waals surface area contributed by atoms with Crippen LogP contribution in [0.5, 0.6) is 0 Å². The number of carbonyl (C=O) groups excluding carboxylic acids is 2. The van der Waals surface area contributed by atoms with Crippen LogP contribution < -0.4 is 15.1 Å². The van der Waals surface area contributed by atoms with Crippen LogP contribution in [0.15, 0.2) is 41.3 Å². The van der Waals surface area contributed by atoms with Gasteiger partial charge in [-0.05, 0) is 74.1 Å². The van der Waals surface area contributed by atoms with E-state index in [1.807, 2.05) is 44.1 Å². The topological polar surface area (TPSA) is 90.0 Å². The van der Waals surface area contributed by atoms with Crippen molar-refractivity contribution in [3.05, 3.63) is 47.5 Å². The Morgan fingerprint density at radius 3 is 2.54 bits per heavy atom. The summed E-state index contributed by atoms with van der Waals surface area (Å²) in [6.45, 7) is 4.73. The number of fused-ring (bicyclic) bond motifs is 1. The second-order valence-electron chi connectivity index (χ2n) is 9.65. The fourth-order valence-corrected chi connectivity index (χ4v) is 6.57. The van der Waals surface area contributed by atoms with E-state index in [2.05, 4.69) is 5.32 Å². The molecule has 0 spiro atoms. The van der Waals surface area contributed by atoms with Gasteiger partial charge >= 0.3 is 0 Å². The lowest BCUT2D eigenvalue weighted by Gasteiger charge is -2.32. The van der Waals surface area contributed by atoms with Gasteiger partial charge in [-0.15, -0.1) is 0 Å². The molecule has 0 aliphatic carbocycles. The van der Waals surface area contributed by atoms with E-state index in [1.54, 1.807) is 23.1 Å². The number of anilines is 3. The Bertz CT molecular complexity index is 1240. The van der Waals surface area contributed by atoms with Crippen LogP contribution in [0, 0.1) is 12.8 Å². The van der Waals surface area contributed by atoms with E-state index in [1.165, 1.54) is 11.2 Å². The van der Waals surface area contributed by atoms with Gasteiger partial charge in [0.25, 0.3) is 0 Å². The van der Waals surface area contributed by atoms with Crippen molar-refractivity contribution in [2.75, 3.05) is 48.8 Å². The highest BCUT2D eigenvalue weighted by molar-refractivity contribution is 7.89. The van der Waals surface area contributed by atoms with Gasteiger partial charge in [0, 0.05) is 57.7 Å². The highest BCUT2D eigenvalue weighted by atomic mass is 32.2. The number of aryl methyl sites for hydroxylation is 2. The summed E-state index contributed by atoms with van der Waals surface area (Å²) >= 11 is 0. The molecule has 0 saturated carbocycles. The molecule has 1 fully saturated rings. The summed E-state index contributed by atoms with van der Waals surface area (Å²) in [7, 11) is 0.156. The van der Waals surface area contributed by atoms with Crippen molar-refractivity contribution >= 4 is 38.9 Å². The summed E-state index contributed by atoms with van der Waals surface area (Å²) in [5.41, 5.74) is 4.49. The van der Waals surface area contributed by atoms with Gasteiger partial charge < -0.3 is 15.1 Å². The average Bonchev–Trinajstić information content (AvgIpc) is 2.84. The molecule has 2 aliphatic heterocycles. The minimum absolute atomic E-state index is 0.0438. The van der Waals surface area contributed by atoms with Crippen molar-refractivity contribution in [2.45, 2.75) is 44.4 Å². The van der Waals surface area contributed by atoms with Gasteiger partial charge in [-0.2, -0.15) is 4.31 Å². The Hall–Kier alpha value is -2.91. The Kier molecular flexibility index (Phi) is 7.19. The minimum Gasteiger partial charge on any atom is -0.377 e. The molecule has 0 radical (unpaired) electrons. The van der Waals surface area contributed by atoms with Crippen molar-refractivity contribution in [1.29, 1.82) is 0 Å². The van der Waals surface area contributed by atoms with Crippen LogP contribution in [0.25, 0.3) is 0 Å². The number of amides is 2. The molecule has 35 heavy (non-hydrogen) atoms. The maximum Gasteiger partial charge on any atom is 0.243 e. The van der Waals surface area contributed by atoms with E-state index in [0.29, 0.717) is 31.6 Å². The first-order valence-electron chi connectivity index (χ1n) is 12.1. The lowest BCUT2D eigenvalue weighted by Crippen LogP contribution is -2.43. The summed E-state index contributed by atoms with van der Waals surface area (Å²) in [4.78, 5) is 28.9. The standard InChI is InChI=1S/C26H34N4O4S/c1-18-9-10-22(16-25(18)28(3)4)27-26(32)21-8-5-13-29(17-21)35(33,34)23-11-12-24-20(15-23)7-6-14-30(24)19(2)31/h9-12,15-16,21H,5-8,13-14,17H2,1-4H3,(H,27,32)/t21-/m0/s1. The quantitative estimate of drug-likeness (QED) is 0.683. The minimum atomic E-state index is -3.75. The molecule has 4 rings (SSSR count). The average molecular weight is 499 g/mol. The number of hydrogen-bond acceptors (Lipinski definition) is 5. The molecule has 8 nitrogen and oxygen atoms in total. The van der Waals surface area contributed by atoms with E-state index >= 15 is 0 Å². The van der Waals surface area contributed by atoms with Gasteiger partial charge in [-0.25, -0.2) is 8.42 Å². The molecule has 0 bridgehead atoms. The van der Waals surface area contributed by atoms with Gasteiger partial charge in [-0.1, -0.05) is 6.07 Å². The molecule has 1 saturated heterocycles. The Balaban J connectivity index is 1.50. The largest absolute Gasteiger partial charge is 0.377 e. The zero-order chi connectivity index (χ0) is 25.3. The highest BCUT2D eigenvalue weighted by Crippen LogP contribution is 2.32. The number of rotatable bonds is 5. The predicted molar refractivity (Wildman–Crippen MR) is 138 cm³/mol. The fourth-order valence-electron chi connectivity index (χ4n) is 5.00. The summed E-state index contributed by atoms with van der Waals surface area (Å²) < 4.78 is 28.4. The third-order valence-electron chi connectivity index (χ3n) is 6.90. The van der Waals surface area contributed by atoms with Crippen molar-refractivity contribution in [1.82, 2.24) is 4.31 Å². The Morgan fingerprint density at radius 1 is 1.06 bits per heavy atom. The van der Waals surface area contributed by atoms with Gasteiger partial charge in [0.2, 0.25) is 21.8 Å². The number of carbonyl (C=O) groups is 2. The van der Waals surface area contributed by atoms with E-state index < -0.39 is 15.9 Å². The maximum atomic E-state index is 13.5. The lowest BCUT2D eigenvalue weighted by molar-refractivity contribution is -0.121. The number of hydrogen-bond donors (Lipinski definition) is 1. The number of nitrogens with one attached hydrogen (secondary N) is 1. The molecule has 2 aromatic carbocycles. The van der Waals surface area contributed by atoms with E-state index in [9.17, 15) is 18.0 Å². The van der Waals surface area contributed by atoms with E-state index in [0.717, 1.165) is 35.3 Å². The van der Waals surface area contributed by atoms with Gasteiger partial charge in [0.05, 0.1) is 10.8 Å². The van der Waals surface area contributed by atoms with Crippen molar-refractivity contribution in [3.8, 4) is 0 Å². The van der Waals surface area contributed by atoms with Crippen LogP contribution in [-0.4, -0.2) is 58.3 Å². The lowest BCUT2D eigenvalue weighted by atomic mass is 9.98. The third kappa shape index (κ3) is 5.21. The molecular formula is C26H34N4O4S. The summed E-state index contributed by atoms with van der Waals surface area (Å²) in [5, 5.41) is 2.98. The molecule has 1 N–H and O–H groups in total. The van der Waals surface area contributed by atoms with Crippen molar-refractivity contribution in [3.63, 3.8) is 0 Å². The molecule has 188 valence electrons. The smallest absolute Gasteiger partial charge is 0.243 e. The van der Waals surface area contributed by atoms with Crippen LogP contribution in [-0.2, 0) is 26.0 Å². The number of nitrogens with zero attached hydrogens (tertiary/aromatic N) is 3. The van der Waals surface area contributed by atoms with Crippen molar-refractivity contribution < 1.29 is 18.0 Å². The van der Waals surface area contributed by atoms with E-state index in [4.69, 9.17) is 0 Å². The molecular weight excluding hydrogens is 464 g/mol. The normalized spacial score (nSPS) is 18.6. The highest BCUT2D eigenvalue weighted by Gasteiger charge is 2.34. The number of benzene rings is 2. The second-order valence-corrected chi connectivity index (χ2v) is 11.6. The molecule has 2 heterocycles. The molecule has 2 aromatic rings. The Morgan fingerprint density at radius 2 is 1.83 bits per heavy atom. The Labute approximate surface area is 207 Å². The predicted octanol–water partition coefficient (Wildman–Crippen LogP) is 3.40. The SMILES string of the molecule is CC(=O)N1CCCc2cc(S(=O)(=O)N3CCC[C@H](C(=O)Nc4ccc(C)c(N(C)C)c4)C3)ccc21. The zero-order valence-corrected chi connectivity index (χ0v) is 21.7. The monoisotopic (exact) mass is 498 g/mol. The van der Waals surface area contributed by atoms with Crippen LogP contribution in [0.1, 0.15) is 37.3 Å². The molecule has 0 unspecified atom stereocenters. The first-order chi connectivity index (χ1) is 16.6. The van der Waals surface area contributed by atoms with Gasteiger partial charge in [0.15, 0.2) is 0 Å². The fraction of sp³-hybridized carbons (Fsp3) is 0.462. The van der Waals surface area contributed by atoms with Crippen molar-refractivity contribution in [2.24, 2.45) is 5.92 Å². The zero-order valence-electron chi connectivity index (χ0n) is 20.9. The molecule has 2 amide bonds. The molecule has 1 atom stereocenters.